The van der Waals surface area contributed by atoms with Gasteiger partial charge in [0.15, 0.2) is 0 Å². The van der Waals surface area contributed by atoms with E-state index in [2.05, 4.69) is 5.32 Å². The van der Waals surface area contributed by atoms with Crippen molar-refractivity contribution in [2.24, 2.45) is 13.0 Å². The van der Waals surface area contributed by atoms with Crippen LogP contribution < -0.4 is 5.32 Å². The summed E-state index contributed by atoms with van der Waals surface area (Å²) in [4.78, 5) is 25.9. The Morgan fingerprint density at radius 2 is 2.24 bits per heavy atom. The van der Waals surface area contributed by atoms with Crippen LogP contribution in [-0.4, -0.2) is 66.3 Å². The molecule has 0 aromatic carbocycles. The van der Waals surface area contributed by atoms with E-state index in [0.717, 1.165) is 19.4 Å². The molecular weight excluding hydrogens is 322 g/mol. The normalized spacial score (nSPS) is 21.4. The van der Waals surface area contributed by atoms with Crippen LogP contribution in [0.15, 0.2) is 18.3 Å². The average Bonchev–Trinajstić information content (AvgIpc) is 3.17. The maximum Gasteiger partial charge on any atom is 0.267 e. The Labute approximate surface area is 148 Å². The van der Waals surface area contributed by atoms with E-state index < -0.39 is 0 Å². The number of amides is 2. The van der Waals surface area contributed by atoms with Crippen molar-refractivity contribution in [3.8, 4) is 0 Å². The Balaban J connectivity index is 1.45. The van der Waals surface area contributed by atoms with Crippen LogP contribution in [-0.2, 0) is 21.3 Å². The van der Waals surface area contributed by atoms with Gasteiger partial charge in [-0.25, -0.2) is 0 Å². The lowest BCUT2D eigenvalue weighted by molar-refractivity contribution is -0.169. The average molecular weight is 349 g/mol. The van der Waals surface area contributed by atoms with E-state index in [1.165, 1.54) is 0 Å². The van der Waals surface area contributed by atoms with Crippen molar-refractivity contribution in [1.82, 2.24) is 14.8 Å². The van der Waals surface area contributed by atoms with Gasteiger partial charge in [-0.2, -0.15) is 0 Å². The fourth-order valence-electron chi connectivity index (χ4n) is 3.75. The lowest BCUT2D eigenvalue weighted by atomic mass is 9.79. The van der Waals surface area contributed by atoms with E-state index in [1.807, 2.05) is 36.9 Å². The third-order valence-corrected chi connectivity index (χ3v) is 5.25. The molecular formula is C18H27N3O4. The number of carbonyl (C=O) groups is 2. The van der Waals surface area contributed by atoms with Gasteiger partial charge in [-0.1, -0.05) is 0 Å². The minimum atomic E-state index is -0.225. The number of aryl methyl sites for hydroxylation is 1. The highest BCUT2D eigenvalue weighted by atomic mass is 16.5. The summed E-state index contributed by atoms with van der Waals surface area (Å²) in [6.45, 7) is 5.18. The summed E-state index contributed by atoms with van der Waals surface area (Å²) in [7, 11) is 1.86. The topological polar surface area (TPSA) is 72.8 Å². The van der Waals surface area contributed by atoms with Gasteiger partial charge in [0, 0.05) is 33.0 Å². The molecule has 1 atom stereocenters. The highest BCUT2D eigenvalue weighted by molar-refractivity contribution is 5.92. The zero-order valence-electron chi connectivity index (χ0n) is 15.0. The SMILES string of the molecule is CCOCC(=O)N1CC2(C1)OCC[C@@H]2CCNC(=O)c1cccn1C. The third kappa shape index (κ3) is 3.72. The fraction of sp³-hybridized carbons (Fsp3) is 0.667. The molecule has 0 radical (unpaired) electrons. The van der Waals surface area contributed by atoms with Crippen LogP contribution in [0.4, 0.5) is 0 Å². The van der Waals surface area contributed by atoms with Gasteiger partial charge in [0.1, 0.15) is 17.9 Å². The molecule has 25 heavy (non-hydrogen) atoms. The number of nitrogens with one attached hydrogen (secondary N) is 1. The molecule has 0 bridgehead atoms. The minimum Gasteiger partial charge on any atom is -0.372 e. The quantitative estimate of drug-likeness (QED) is 0.790. The molecule has 2 aliphatic heterocycles. The summed E-state index contributed by atoms with van der Waals surface area (Å²) in [5, 5.41) is 2.98. The molecule has 1 aromatic rings. The molecule has 7 heteroatoms. The van der Waals surface area contributed by atoms with E-state index in [4.69, 9.17) is 9.47 Å². The summed E-state index contributed by atoms with van der Waals surface area (Å²) in [5.74, 6) is 0.346. The molecule has 2 amide bonds. The highest BCUT2D eigenvalue weighted by Crippen LogP contribution is 2.41. The van der Waals surface area contributed by atoms with Crippen molar-refractivity contribution in [2.75, 3.05) is 39.5 Å². The first-order valence-corrected chi connectivity index (χ1v) is 8.95. The standard InChI is InChI=1S/C18H27N3O4/c1-3-24-11-16(22)21-12-18(13-21)14(7-10-25-18)6-8-19-17(23)15-5-4-9-20(15)2/h4-5,9,14H,3,6-8,10-13H2,1-2H3,(H,19,23)/t14-/m0/s1. The number of aromatic nitrogens is 1. The zero-order valence-corrected chi connectivity index (χ0v) is 15.0. The summed E-state index contributed by atoms with van der Waals surface area (Å²) in [6, 6.07) is 3.67. The lowest BCUT2D eigenvalue weighted by Gasteiger charge is -2.50. The number of hydrogen-bond donors (Lipinski definition) is 1. The first-order chi connectivity index (χ1) is 12.1. The van der Waals surface area contributed by atoms with Gasteiger partial charge in [0.05, 0.1) is 13.1 Å². The number of rotatable bonds is 7. The van der Waals surface area contributed by atoms with E-state index in [1.54, 1.807) is 4.90 Å². The predicted molar refractivity (Wildman–Crippen MR) is 92.2 cm³/mol. The zero-order chi connectivity index (χ0) is 17.9. The monoisotopic (exact) mass is 349 g/mol. The van der Waals surface area contributed by atoms with Gasteiger partial charge in [-0.15, -0.1) is 0 Å². The highest BCUT2D eigenvalue weighted by Gasteiger charge is 2.53. The van der Waals surface area contributed by atoms with Gasteiger partial charge < -0.3 is 24.3 Å². The summed E-state index contributed by atoms with van der Waals surface area (Å²) in [6.07, 6.45) is 3.70. The summed E-state index contributed by atoms with van der Waals surface area (Å²) in [5.41, 5.74) is 0.436. The van der Waals surface area contributed by atoms with E-state index in [9.17, 15) is 9.59 Å². The molecule has 2 aliphatic rings. The Morgan fingerprint density at radius 3 is 2.92 bits per heavy atom. The molecule has 1 spiro atoms. The lowest BCUT2D eigenvalue weighted by Crippen LogP contribution is -2.66. The predicted octanol–water partition coefficient (Wildman–Crippen LogP) is 0.799. The molecule has 0 aliphatic carbocycles. The molecule has 2 fully saturated rings. The number of ether oxygens (including phenoxy) is 2. The van der Waals surface area contributed by atoms with Crippen molar-refractivity contribution in [2.45, 2.75) is 25.4 Å². The van der Waals surface area contributed by atoms with Crippen LogP contribution in [0, 0.1) is 5.92 Å². The molecule has 0 unspecified atom stereocenters. The molecule has 1 N–H and O–H groups in total. The van der Waals surface area contributed by atoms with Crippen molar-refractivity contribution in [3.63, 3.8) is 0 Å². The van der Waals surface area contributed by atoms with E-state index >= 15 is 0 Å². The van der Waals surface area contributed by atoms with Crippen LogP contribution in [0.1, 0.15) is 30.3 Å². The largest absolute Gasteiger partial charge is 0.372 e. The molecule has 7 nitrogen and oxygen atoms in total. The molecule has 0 saturated carbocycles. The van der Waals surface area contributed by atoms with Crippen molar-refractivity contribution < 1.29 is 19.1 Å². The molecule has 3 rings (SSSR count). The van der Waals surface area contributed by atoms with Crippen molar-refractivity contribution >= 4 is 11.8 Å². The molecule has 138 valence electrons. The number of hydrogen-bond acceptors (Lipinski definition) is 4. The first kappa shape index (κ1) is 17.9. The van der Waals surface area contributed by atoms with Gasteiger partial charge >= 0.3 is 0 Å². The van der Waals surface area contributed by atoms with Crippen LogP contribution in [0.3, 0.4) is 0 Å². The van der Waals surface area contributed by atoms with Gasteiger partial charge in [-0.05, 0) is 37.8 Å². The second-order valence-electron chi connectivity index (χ2n) is 6.83. The Hall–Kier alpha value is -1.86. The first-order valence-electron chi connectivity index (χ1n) is 8.95. The van der Waals surface area contributed by atoms with Gasteiger partial charge in [-0.3, -0.25) is 9.59 Å². The molecule has 3 heterocycles. The minimum absolute atomic E-state index is 0.0266. The Morgan fingerprint density at radius 1 is 1.44 bits per heavy atom. The van der Waals surface area contributed by atoms with E-state index in [-0.39, 0.29) is 24.0 Å². The Bertz CT molecular complexity index is 622. The molecule has 1 aromatic heterocycles. The summed E-state index contributed by atoms with van der Waals surface area (Å²) >= 11 is 0. The van der Waals surface area contributed by atoms with Crippen LogP contribution in [0.2, 0.25) is 0 Å². The second-order valence-corrected chi connectivity index (χ2v) is 6.83. The second kappa shape index (κ2) is 7.58. The van der Waals surface area contributed by atoms with E-state index in [0.29, 0.717) is 37.9 Å². The smallest absolute Gasteiger partial charge is 0.267 e. The van der Waals surface area contributed by atoms with Crippen molar-refractivity contribution in [3.05, 3.63) is 24.0 Å². The molecule has 2 saturated heterocycles. The Kier molecular flexibility index (Phi) is 5.44. The maximum atomic E-state index is 12.2. The van der Waals surface area contributed by atoms with Crippen LogP contribution in [0.25, 0.3) is 0 Å². The number of likely N-dealkylation sites (tertiary alicyclic amines) is 1. The number of nitrogens with zero attached hydrogens (tertiary/aromatic N) is 2. The van der Waals surface area contributed by atoms with Gasteiger partial charge in [0.2, 0.25) is 5.91 Å². The van der Waals surface area contributed by atoms with Crippen molar-refractivity contribution in [1.29, 1.82) is 0 Å². The summed E-state index contributed by atoms with van der Waals surface area (Å²) < 4.78 is 13.0. The maximum absolute atomic E-state index is 12.2. The van der Waals surface area contributed by atoms with Crippen LogP contribution in [0.5, 0.6) is 0 Å². The van der Waals surface area contributed by atoms with Crippen LogP contribution >= 0.6 is 0 Å². The number of carbonyl (C=O) groups excluding carboxylic acids is 2. The third-order valence-electron chi connectivity index (χ3n) is 5.25. The fourth-order valence-corrected chi connectivity index (χ4v) is 3.75. The van der Waals surface area contributed by atoms with Gasteiger partial charge in [0.25, 0.3) is 5.91 Å².